The minimum atomic E-state index is 0.0491. The zero-order valence-electron chi connectivity index (χ0n) is 11.3. The van der Waals surface area contributed by atoms with Crippen LogP contribution in [0.3, 0.4) is 0 Å². The van der Waals surface area contributed by atoms with Crippen molar-refractivity contribution in [3.05, 3.63) is 35.6 Å². The van der Waals surface area contributed by atoms with Crippen LogP contribution in [0.4, 0.5) is 5.95 Å². The topological polar surface area (TPSA) is 75.3 Å². The first kappa shape index (κ1) is 13.8. The molecule has 0 aliphatic heterocycles. The van der Waals surface area contributed by atoms with Gasteiger partial charge in [0, 0.05) is 31.0 Å². The van der Waals surface area contributed by atoms with E-state index in [1.807, 2.05) is 7.05 Å². The maximum Gasteiger partial charge on any atom is 0.230 e. The summed E-state index contributed by atoms with van der Waals surface area (Å²) in [5.74, 6) is 0.982. The van der Waals surface area contributed by atoms with Crippen LogP contribution in [-0.2, 0) is 0 Å². The third-order valence-corrected chi connectivity index (χ3v) is 3.25. The Bertz CT molecular complexity index is 757. The van der Waals surface area contributed by atoms with E-state index in [1.54, 1.807) is 35.5 Å². The molecular weight excluding hydrogens is 292 g/mol. The van der Waals surface area contributed by atoms with E-state index in [1.165, 1.54) is 0 Å². The van der Waals surface area contributed by atoms with E-state index in [2.05, 4.69) is 15.0 Å². The number of fused-ring (bicyclic) bond motifs is 1. The molecule has 0 unspecified atom stereocenters. The number of nitrogens with zero attached hydrogens (tertiary/aromatic N) is 4. The molecule has 0 spiro atoms. The molecule has 0 fully saturated rings. The Morgan fingerprint density at radius 1 is 1.29 bits per heavy atom. The number of aliphatic hydroxyl groups excluding tert-OH is 1. The number of halogens is 1. The van der Waals surface area contributed by atoms with Gasteiger partial charge < -0.3 is 14.4 Å². The molecule has 1 N–H and O–H groups in total. The molecule has 0 aliphatic carbocycles. The Kier molecular flexibility index (Phi) is 3.72. The van der Waals surface area contributed by atoms with E-state index in [9.17, 15) is 0 Å². The molecule has 21 heavy (non-hydrogen) atoms. The SMILES string of the molecule is CN(CCO)c1ncc(-c2nc3cc(Cl)ccc3o2)cn1. The molecule has 3 rings (SSSR count). The van der Waals surface area contributed by atoms with Gasteiger partial charge in [-0.3, -0.25) is 0 Å². The zero-order chi connectivity index (χ0) is 14.8. The van der Waals surface area contributed by atoms with E-state index in [0.29, 0.717) is 40.1 Å². The second-order valence-corrected chi connectivity index (χ2v) is 4.98. The maximum atomic E-state index is 8.90. The summed E-state index contributed by atoms with van der Waals surface area (Å²) in [7, 11) is 1.81. The first-order valence-corrected chi connectivity index (χ1v) is 6.75. The van der Waals surface area contributed by atoms with Gasteiger partial charge >= 0.3 is 0 Å². The van der Waals surface area contributed by atoms with Crippen LogP contribution in [-0.4, -0.2) is 40.3 Å². The normalized spacial score (nSPS) is 11.0. The third kappa shape index (κ3) is 2.81. The molecule has 2 aromatic heterocycles. The molecule has 3 aromatic rings. The van der Waals surface area contributed by atoms with Gasteiger partial charge in [0.1, 0.15) is 5.52 Å². The number of oxazole rings is 1. The molecule has 2 heterocycles. The standard InChI is InChI=1S/C14H13ClN4O2/c1-19(4-5-20)14-16-7-9(8-17-14)13-18-11-6-10(15)2-3-12(11)21-13/h2-3,6-8,20H,4-5H2,1H3. The number of rotatable bonds is 4. The summed E-state index contributed by atoms with van der Waals surface area (Å²) in [6, 6.07) is 5.27. The lowest BCUT2D eigenvalue weighted by molar-refractivity contribution is 0.303. The lowest BCUT2D eigenvalue weighted by Crippen LogP contribution is -2.23. The van der Waals surface area contributed by atoms with Crippen molar-refractivity contribution in [3.8, 4) is 11.5 Å². The van der Waals surface area contributed by atoms with Gasteiger partial charge in [0.25, 0.3) is 0 Å². The van der Waals surface area contributed by atoms with E-state index >= 15 is 0 Å². The van der Waals surface area contributed by atoms with Crippen molar-refractivity contribution in [2.24, 2.45) is 0 Å². The zero-order valence-corrected chi connectivity index (χ0v) is 12.1. The number of hydrogen-bond acceptors (Lipinski definition) is 6. The Labute approximate surface area is 126 Å². The lowest BCUT2D eigenvalue weighted by atomic mass is 10.3. The van der Waals surface area contributed by atoms with Gasteiger partial charge in [0.05, 0.1) is 12.2 Å². The Morgan fingerprint density at radius 3 is 2.76 bits per heavy atom. The quantitative estimate of drug-likeness (QED) is 0.797. The van der Waals surface area contributed by atoms with Crippen molar-refractivity contribution >= 4 is 28.6 Å². The van der Waals surface area contributed by atoms with Crippen molar-refractivity contribution in [2.45, 2.75) is 0 Å². The molecule has 0 saturated heterocycles. The number of aromatic nitrogens is 3. The number of aliphatic hydroxyl groups is 1. The van der Waals surface area contributed by atoms with E-state index < -0.39 is 0 Å². The predicted octanol–water partition coefficient (Wildman–Crippen LogP) is 2.37. The largest absolute Gasteiger partial charge is 0.436 e. The van der Waals surface area contributed by atoms with Gasteiger partial charge in [-0.25, -0.2) is 15.0 Å². The van der Waals surface area contributed by atoms with Gasteiger partial charge in [-0.05, 0) is 18.2 Å². The maximum absolute atomic E-state index is 8.90. The van der Waals surface area contributed by atoms with Crippen molar-refractivity contribution in [1.82, 2.24) is 15.0 Å². The van der Waals surface area contributed by atoms with Crippen LogP contribution in [0.15, 0.2) is 35.0 Å². The minimum Gasteiger partial charge on any atom is -0.436 e. The molecule has 108 valence electrons. The van der Waals surface area contributed by atoms with E-state index in [4.69, 9.17) is 21.1 Å². The number of likely N-dealkylation sites (N-methyl/N-ethyl adjacent to an activating group) is 1. The molecule has 0 aliphatic rings. The second-order valence-electron chi connectivity index (χ2n) is 4.55. The Hall–Kier alpha value is -2.18. The Morgan fingerprint density at radius 2 is 2.05 bits per heavy atom. The lowest BCUT2D eigenvalue weighted by Gasteiger charge is -2.14. The van der Waals surface area contributed by atoms with Gasteiger partial charge in [-0.2, -0.15) is 0 Å². The molecule has 0 saturated carbocycles. The number of hydrogen-bond donors (Lipinski definition) is 1. The van der Waals surface area contributed by atoms with Gasteiger partial charge in [0.2, 0.25) is 11.8 Å². The van der Waals surface area contributed by atoms with Gasteiger partial charge in [-0.1, -0.05) is 11.6 Å². The fourth-order valence-electron chi connectivity index (χ4n) is 1.90. The predicted molar refractivity (Wildman–Crippen MR) is 80.4 cm³/mol. The highest BCUT2D eigenvalue weighted by molar-refractivity contribution is 6.31. The van der Waals surface area contributed by atoms with Crippen LogP contribution >= 0.6 is 11.6 Å². The summed E-state index contributed by atoms with van der Waals surface area (Å²) in [5, 5.41) is 9.51. The highest BCUT2D eigenvalue weighted by Gasteiger charge is 2.10. The third-order valence-electron chi connectivity index (χ3n) is 3.01. The highest BCUT2D eigenvalue weighted by atomic mass is 35.5. The van der Waals surface area contributed by atoms with Crippen LogP contribution < -0.4 is 4.90 Å². The van der Waals surface area contributed by atoms with Crippen molar-refractivity contribution in [2.75, 3.05) is 25.1 Å². The second kappa shape index (κ2) is 5.67. The van der Waals surface area contributed by atoms with Crippen LogP contribution in [0.1, 0.15) is 0 Å². The fourth-order valence-corrected chi connectivity index (χ4v) is 2.07. The Balaban J connectivity index is 1.91. The van der Waals surface area contributed by atoms with Crippen LogP contribution in [0.25, 0.3) is 22.6 Å². The molecule has 0 amide bonds. The summed E-state index contributed by atoms with van der Waals surface area (Å²) >= 11 is 5.93. The molecule has 0 atom stereocenters. The summed E-state index contributed by atoms with van der Waals surface area (Å²) in [4.78, 5) is 14.6. The summed E-state index contributed by atoms with van der Waals surface area (Å²) in [6.45, 7) is 0.522. The van der Waals surface area contributed by atoms with Crippen LogP contribution in [0, 0.1) is 0 Å². The average Bonchev–Trinajstić information content (AvgIpc) is 2.90. The van der Waals surface area contributed by atoms with E-state index in [-0.39, 0.29) is 6.61 Å². The van der Waals surface area contributed by atoms with Crippen molar-refractivity contribution in [3.63, 3.8) is 0 Å². The van der Waals surface area contributed by atoms with Crippen LogP contribution in [0.5, 0.6) is 0 Å². The first-order valence-electron chi connectivity index (χ1n) is 6.38. The summed E-state index contributed by atoms with van der Waals surface area (Å²) < 4.78 is 5.65. The molecule has 7 heteroatoms. The van der Waals surface area contributed by atoms with Crippen molar-refractivity contribution < 1.29 is 9.52 Å². The summed E-state index contributed by atoms with van der Waals surface area (Å²) in [6.07, 6.45) is 3.28. The van der Waals surface area contributed by atoms with Crippen molar-refractivity contribution in [1.29, 1.82) is 0 Å². The summed E-state index contributed by atoms with van der Waals surface area (Å²) in [5.41, 5.74) is 2.04. The fraction of sp³-hybridized carbons (Fsp3) is 0.214. The molecule has 1 aromatic carbocycles. The smallest absolute Gasteiger partial charge is 0.230 e. The molecule has 6 nitrogen and oxygen atoms in total. The van der Waals surface area contributed by atoms with E-state index in [0.717, 1.165) is 0 Å². The molecule has 0 radical (unpaired) electrons. The molecular formula is C14H13ClN4O2. The monoisotopic (exact) mass is 304 g/mol. The first-order chi connectivity index (χ1) is 10.2. The minimum absolute atomic E-state index is 0.0491. The number of benzene rings is 1. The van der Waals surface area contributed by atoms with Gasteiger partial charge in [0.15, 0.2) is 5.58 Å². The number of anilines is 1. The molecule has 0 bridgehead atoms. The average molecular weight is 305 g/mol. The van der Waals surface area contributed by atoms with Crippen LogP contribution in [0.2, 0.25) is 5.02 Å². The van der Waals surface area contributed by atoms with Gasteiger partial charge in [-0.15, -0.1) is 0 Å². The highest BCUT2D eigenvalue weighted by Crippen LogP contribution is 2.25.